The summed E-state index contributed by atoms with van der Waals surface area (Å²) in [5, 5.41) is 0. The molecule has 0 N–H and O–H groups in total. The molecule has 0 radical (unpaired) electrons. The number of rotatable bonds is 13. The number of aromatic nitrogens is 1. The Hall–Kier alpha value is -0.890. The van der Waals surface area contributed by atoms with Crippen LogP contribution in [0.3, 0.4) is 0 Å². The summed E-state index contributed by atoms with van der Waals surface area (Å²) < 4.78 is 8.06. The van der Waals surface area contributed by atoms with E-state index < -0.39 is 0 Å². The van der Waals surface area contributed by atoms with Crippen molar-refractivity contribution in [2.75, 3.05) is 6.61 Å². The summed E-state index contributed by atoms with van der Waals surface area (Å²) >= 11 is 0. The van der Waals surface area contributed by atoms with Gasteiger partial charge in [0.05, 0.1) is 6.61 Å². The van der Waals surface area contributed by atoms with Crippen LogP contribution < -0.4 is 4.57 Å². The molecule has 1 rings (SSSR count). The number of unbranched alkanes of at least 4 members (excludes halogenated alkanes) is 7. The molecule has 1 aromatic rings. The molecule has 0 bridgehead atoms. The molecule has 0 saturated heterocycles. The molecule has 0 atom stereocenters. The Kier molecular flexibility index (Phi) is 11.0. The number of pyridine rings is 1. The van der Waals surface area contributed by atoms with Gasteiger partial charge in [0.15, 0.2) is 12.4 Å². The summed E-state index contributed by atoms with van der Waals surface area (Å²) in [6.07, 6.45) is 17.5. The van der Waals surface area contributed by atoms with Gasteiger partial charge in [0, 0.05) is 11.1 Å². The average molecular weight is 321 g/mol. The third kappa shape index (κ3) is 7.97. The standard InChI is InChI=1S/C21H38NO/c1-5-8-9-10-11-12-13-14-15-23-18-22-16-19(4)21(7-3)20(6-2)17-22/h16-17H,5-15,18H2,1-4H3/q+1. The van der Waals surface area contributed by atoms with Crippen LogP contribution in [-0.4, -0.2) is 6.61 Å². The van der Waals surface area contributed by atoms with Crippen molar-refractivity contribution in [3.63, 3.8) is 0 Å². The average Bonchev–Trinajstić information content (AvgIpc) is 2.56. The van der Waals surface area contributed by atoms with Gasteiger partial charge >= 0.3 is 0 Å². The summed E-state index contributed by atoms with van der Waals surface area (Å²) in [6.45, 7) is 10.5. The summed E-state index contributed by atoms with van der Waals surface area (Å²) in [6, 6.07) is 0. The minimum Gasteiger partial charge on any atom is -0.323 e. The van der Waals surface area contributed by atoms with E-state index in [0.29, 0.717) is 6.73 Å². The van der Waals surface area contributed by atoms with E-state index in [-0.39, 0.29) is 0 Å². The first-order valence-electron chi connectivity index (χ1n) is 9.82. The highest BCUT2D eigenvalue weighted by atomic mass is 16.5. The minimum atomic E-state index is 0.689. The maximum absolute atomic E-state index is 5.86. The number of nitrogens with zero attached hydrogens (tertiary/aromatic N) is 1. The molecule has 2 heteroatoms. The Balaban J connectivity index is 2.17. The quantitative estimate of drug-likeness (QED) is 0.344. The normalized spacial score (nSPS) is 11.1. The molecular formula is C21H38NO+. The van der Waals surface area contributed by atoms with Gasteiger partial charge in [-0.05, 0) is 31.7 Å². The molecule has 0 fully saturated rings. The zero-order chi connectivity index (χ0) is 16.9. The lowest BCUT2D eigenvalue weighted by Crippen LogP contribution is -2.36. The maximum Gasteiger partial charge on any atom is 0.252 e. The summed E-state index contributed by atoms with van der Waals surface area (Å²) in [4.78, 5) is 0. The van der Waals surface area contributed by atoms with Crippen LogP contribution in [0.2, 0.25) is 0 Å². The predicted octanol–water partition coefficient (Wildman–Crippen LogP) is 5.52. The Morgan fingerprint density at radius 1 is 0.826 bits per heavy atom. The van der Waals surface area contributed by atoms with Crippen LogP contribution >= 0.6 is 0 Å². The molecule has 0 unspecified atom stereocenters. The Bertz CT molecular complexity index is 428. The summed E-state index contributed by atoms with van der Waals surface area (Å²) in [5.74, 6) is 0. The predicted molar refractivity (Wildman–Crippen MR) is 98.7 cm³/mol. The monoisotopic (exact) mass is 320 g/mol. The van der Waals surface area contributed by atoms with E-state index in [1.165, 1.54) is 68.1 Å². The summed E-state index contributed by atoms with van der Waals surface area (Å²) in [7, 11) is 0. The van der Waals surface area contributed by atoms with Crippen LogP contribution in [0.4, 0.5) is 0 Å². The van der Waals surface area contributed by atoms with Gasteiger partial charge < -0.3 is 4.74 Å². The van der Waals surface area contributed by atoms with Gasteiger partial charge in [-0.2, -0.15) is 4.57 Å². The molecular weight excluding hydrogens is 282 g/mol. The Labute approximate surface area is 144 Å². The maximum atomic E-state index is 5.86. The van der Waals surface area contributed by atoms with Crippen molar-refractivity contribution >= 4 is 0 Å². The van der Waals surface area contributed by atoms with E-state index in [1.54, 1.807) is 0 Å². The first-order chi connectivity index (χ1) is 11.2. The SMILES string of the molecule is CCCCCCCCCCOC[n+]1cc(C)c(CC)c(CC)c1. The van der Waals surface area contributed by atoms with Gasteiger partial charge in [-0.25, -0.2) is 0 Å². The fraction of sp³-hybridized carbons (Fsp3) is 0.762. The van der Waals surface area contributed by atoms with Crippen LogP contribution in [0.1, 0.15) is 88.8 Å². The molecule has 0 aliphatic carbocycles. The van der Waals surface area contributed by atoms with E-state index >= 15 is 0 Å². The van der Waals surface area contributed by atoms with Crippen LogP contribution in [0, 0.1) is 6.92 Å². The highest BCUT2D eigenvalue weighted by molar-refractivity contribution is 5.28. The van der Waals surface area contributed by atoms with Gasteiger partial charge in [-0.3, -0.25) is 0 Å². The van der Waals surface area contributed by atoms with E-state index in [2.05, 4.69) is 44.7 Å². The van der Waals surface area contributed by atoms with Crippen LogP contribution in [0.25, 0.3) is 0 Å². The van der Waals surface area contributed by atoms with Crippen molar-refractivity contribution in [2.24, 2.45) is 0 Å². The number of hydrogen-bond acceptors (Lipinski definition) is 1. The van der Waals surface area contributed by atoms with E-state index in [1.807, 2.05) is 0 Å². The van der Waals surface area contributed by atoms with Gasteiger partial charge in [0.25, 0.3) is 6.73 Å². The van der Waals surface area contributed by atoms with Crippen molar-refractivity contribution in [1.82, 2.24) is 0 Å². The molecule has 23 heavy (non-hydrogen) atoms. The van der Waals surface area contributed by atoms with Crippen molar-refractivity contribution < 1.29 is 9.30 Å². The number of ether oxygens (including phenoxy) is 1. The zero-order valence-corrected chi connectivity index (χ0v) is 16.0. The molecule has 0 saturated carbocycles. The van der Waals surface area contributed by atoms with Gasteiger partial charge in [-0.1, -0.05) is 65.7 Å². The number of aryl methyl sites for hydroxylation is 2. The third-order valence-corrected chi connectivity index (χ3v) is 4.66. The van der Waals surface area contributed by atoms with Gasteiger partial charge in [0.2, 0.25) is 0 Å². The van der Waals surface area contributed by atoms with Crippen molar-refractivity contribution in [3.8, 4) is 0 Å². The highest BCUT2D eigenvalue weighted by Crippen LogP contribution is 2.13. The van der Waals surface area contributed by atoms with Crippen molar-refractivity contribution in [1.29, 1.82) is 0 Å². The van der Waals surface area contributed by atoms with Crippen molar-refractivity contribution in [2.45, 2.75) is 98.6 Å². The second kappa shape index (κ2) is 12.5. The molecule has 0 spiro atoms. The molecule has 0 aliphatic rings. The Morgan fingerprint density at radius 2 is 1.48 bits per heavy atom. The highest BCUT2D eigenvalue weighted by Gasteiger charge is 2.10. The summed E-state index contributed by atoms with van der Waals surface area (Å²) in [5.41, 5.74) is 4.36. The van der Waals surface area contributed by atoms with Crippen LogP contribution in [-0.2, 0) is 24.3 Å². The van der Waals surface area contributed by atoms with Crippen LogP contribution in [0.5, 0.6) is 0 Å². The lowest BCUT2D eigenvalue weighted by atomic mass is 10.0. The molecule has 1 heterocycles. The zero-order valence-electron chi connectivity index (χ0n) is 16.0. The van der Waals surface area contributed by atoms with E-state index in [0.717, 1.165) is 19.4 Å². The van der Waals surface area contributed by atoms with Crippen molar-refractivity contribution in [3.05, 3.63) is 29.1 Å². The van der Waals surface area contributed by atoms with E-state index in [4.69, 9.17) is 4.74 Å². The molecule has 1 aromatic heterocycles. The fourth-order valence-corrected chi connectivity index (χ4v) is 3.29. The van der Waals surface area contributed by atoms with Crippen LogP contribution in [0.15, 0.2) is 12.4 Å². The number of hydrogen-bond donors (Lipinski definition) is 0. The second-order valence-electron chi connectivity index (χ2n) is 6.68. The van der Waals surface area contributed by atoms with Gasteiger partial charge in [-0.15, -0.1) is 0 Å². The van der Waals surface area contributed by atoms with Gasteiger partial charge in [0.1, 0.15) is 0 Å². The topological polar surface area (TPSA) is 13.1 Å². The molecule has 0 aromatic carbocycles. The second-order valence-corrected chi connectivity index (χ2v) is 6.68. The molecule has 2 nitrogen and oxygen atoms in total. The Morgan fingerprint density at radius 3 is 2.09 bits per heavy atom. The first kappa shape index (κ1) is 20.2. The fourth-order valence-electron chi connectivity index (χ4n) is 3.29. The minimum absolute atomic E-state index is 0.689. The smallest absolute Gasteiger partial charge is 0.252 e. The lowest BCUT2D eigenvalue weighted by molar-refractivity contribution is -0.733. The largest absolute Gasteiger partial charge is 0.323 e. The third-order valence-electron chi connectivity index (χ3n) is 4.66. The first-order valence-corrected chi connectivity index (χ1v) is 9.82. The molecule has 0 aliphatic heterocycles. The molecule has 0 amide bonds. The van der Waals surface area contributed by atoms with E-state index in [9.17, 15) is 0 Å². The lowest BCUT2D eigenvalue weighted by Gasteiger charge is -2.09. The molecule has 132 valence electrons.